The Bertz CT molecular complexity index is 801. The van der Waals surface area contributed by atoms with Crippen LogP contribution in [0.4, 0.5) is 23.2 Å². The van der Waals surface area contributed by atoms with Crippen molar-refractivity contribution in [3.63, 3.8) is 0 Å². The van der Waals surface area contributed by atoms with E-state index in [4.69, 9.17) is 0 Å². The minimum absolute atomic E-state index is 0.0944. The van der Waals surface area contributed by atoms with Gasteiger partial charge in [-0.25, -0.2) is 12.8 Å². The average molecular weight is 333 g/mol. The highest BCUT2D eigenvalue weighted by atomic mass is 32.2. The third-order valence-corrected chi connectivity index (χ3v) is 4.43. The fourth-order valence-corrected chi connectivity index (χ4v) is 3.24. The van der Waals surface area contributed by atoms with Gasteiger partial charge < -0.3 is 0 Å². The van der Waals surface area contributed by atoms with Crippen molar-refractivity contribution < 1.29 is 26.0 Å². The Morgan fingerprint density at radius 2 is 1.68 bits per heavy atom. The van der Waals surface area contributed by atoms with Gasteiger partial charge in [-0.05, 0) is 42.8 Å². The summed E-state index contributed by atoms with van der Waals surface area (Å²) in [5.41, 5.74) is -1.59. The van der Waals surface area contributed by atoms with Crippen LogP contribution in [-0.2, 0) is 16.2 Å². The van der Waals surface area contributed by atoms with E-state index in [9.17, 15) is 26.0 Å². The second kappa shape index (κ2) is 5.60. The van der Waals surface area contributed by atoms with Crippen LogP contribution in [0.1, 0.15) is 11.1 Å². The molecule has 0 saturated heterocycles. The molecule has 1 N–H and O–H groups in total. The zero-order valence-electron chi connectivity index (χ0n) is 11.3. The molecule has 0 aliphatic rings. The first-order valence-corrected chi connectivity index (χ1v) is 7.55. The standard InChI is InChI=1S/C14H11F4NO2S/c1-9-8-10(15)6-7-13(9)22(20,21)19-12-5-3-2-4-11(12)14(16,17)18/h2-8,19H,1H3. The minimum Gasteiger partial charge on any atom is -0.279 e. The highest BCUT2D eigenvalue weighted by Crippen LogP contribution is 2.35. The molecule has 0 unspecified atom stereocenters. The Labute approximate surface area is 124 Å². The normalized spacial score (nSPS) is 12.2. The van der Waals surface area contributed by atoms with Crippen molar-refractivity contribution in [3.05, 3.63) is 59.4 Å². The molecule has 2 aromatic carbocycles. The van der Waals surface area contributed by atoms with E-state index in [1.807, 2.05) is 4.72 Å². The van der Waals surface area contributed by atoms with Gasteiger partial charge in [-0.15, -0.1) is 0 Å². The van der Waals surface area contributed by atoms with Gasteiger partial charge in [-0.3, -0.25) is 4.72 Å². The first-order valence-electron chi connectivity index (χ1n) is 6.06. The number of hydrogen-bond acceptors (Lipinski definition) is 2. The summed E-state index contributed by atoms with van der Waals surface area (Å²) >= 11 is 0. The van der Waals surface area contributed by atoms with E-state index in [2.05, 4.69) is 0 Å². The van der Waals surface area contributed by atoms with Gasteiger partial charge in [0.05, 0.1) is 16.1 Å². The molecular formula is C14H11F4NO2S. The smallest absolute Gasteiger partial charge is 0.279 e. The Hall–Kier alpha value is -2.09. The number of sulfonamides is 1. The first-order chi connectivity index (χ1) is 10.1. The quantitative estimate of drug-likeness (QED) is 0.865. The molecule has 2 rings (SSSR count). The molecule has 0 radical (unpaired) electrons. The number of alkyl halides is 3. The third-order valence-electron chi connectivity index (χ3n) is 2.90. The molecule has 0 fully saturated rings. The summed E-state index contributed by atoms with van der Waals surface area (Å²) in [6.07, 6.45) is -4.70. The molecule has 0 heterocycles. The number of para-hydroxylation sites is 1. The van der Waals surface area contributed by atoms with Crippen LogP contribution >= 0.6 is 0 Å². The summed E-state index contributed by atoms with van der Waals surface area (Å²) in [5, 5.41) is 0. The predicted octanol–water partition coefficient (Wildman–Crippen LogP) is 3.95. The lowest BCUT2D eigenvalue weighted by atomic mass is 10.2. The summed E-state index contributed by atoms with van der Waals surface area (Å²) in [7, 11) is -4.26. The molecule has 0 aliphatic heterocycles. The zero-order chi connectivity index (χ0) is 16.5. The van der Waals surface area contributed by atoms with Crippen LogP contribution in [0.25, 0.3) is 0 Å². The van der Waals surface area contributed by atoms with Crippen molar-refractivity contribution in [1.82, 2.24) is 0 Å². The molecule has 118 valence electrons. The Kier molecular flexibility index (Phi) is 4.15. The topological polar surface area (TPSA) is 46.2 Å². The maximum absolute atomic E-state index is 13.0. The molecule has 22 heavy (non-hydrogen) atoms. The molecule has 0 spiro atoms. The fraction of sp³-hybridized carbons (Fsp3) is 0.143. The van der Waals surface area contributed by atoms with E-state index in [1.165, 1.54) is 13.0 Å². The molecule has 3 nitrogen and oxygen atoms in total. The lowest BCUT2D eigenvalue weighted by Gasteiger charge is -2.15. The number of hydrogen-bond donors (Lipinski definition) is 1. The van der Waals surface area contributed by atoms with Crippen molar-refractivity contribution in [2.75, 3.05) is 4.72 Å². The maximum Gasteiger partial charge on any atom is 0.418 e. The molecule has 2 aromatic rings. The van der Waals surface area contributed by atoms with Crippen molar-refractivity contribution >= 4 is 15.7 Å². The number of anilines is 1. The van der Waals surface area contributed by atoms with Crippen LogP contribution in [0.15, 0.2) is 47.4 Å². The Morgan fingerprint density at radius 3 is 2.27 bits per heavy atom. The van der Waals surface area contributed by atoms with Crippen LogP contribution in [0.3, 0.4) is 0 Å². The van der Waals surface area contributed by atoms with Crippen LogP contribution in [0.5, 0.6) is 0 Å². The van der Waals surface area contributed by atoms with Crippen molar-refractivity contribution in [2.45, 2.75) is 18.0 Å². The van der Waals surface area contributed by atoms with Crippen molar-refractivity contribution in [2.24, 2.45) is 0 Å². The van der Waals surface area contributed by atoms with Crippen molar-refractivity contribution in [1.29, 1.82) is 0 Å². The molecule has 0 atom stereocenters. The van der Waals surface area contributed by atoms with E-state index in [0.717, 1.165) is 36.4 Å². The SMILES string of the molecule is Cc1cc(F)ccc1S(=O)(=O)Nc1ccccc1C(F)(F)F. The summed E-state index contributed by atoms with van der Waals surface area (Å²) in [4.78, 5) is -0.286. The second-order valence-corrected chi connectivity index (χ2v) is 6.21. The summed E-state index contributed by atoms with van der Waals surface area (Å²) in [5.74, 6) is -0.632. The van der Waals surface area contributed by atoms with Crippen LogP contribution in [0.2, 0.25) is 0 Å². The molecule has 8 heteroatoms. The lowest BCUT2D eigenvalue weighted by Crippen LogP contribution is -2.18. The monoisotopic (exact) mass is 333 g/mol. The number of nitrogens with one attached hydrogen (secondary N) is 1. The van der Waals surface area contributed by atoms with Gasteiger partial charge in [-0.2, -0.15) is 13.2 Å². The Balaban J connectivity index is 2.46. The van der Waals surface area contributed by atoms with Gasteiger partial charge in [0.15, 0.2) is 0 Å². The second-order valence-electron chi connectivity index (χ2n) is 4.56. The van der Waals surface area contributed by atoms with Gasteiger partial charge in [-0.1, -0.05) is 12.1 Å². The average Bonchev–Trinajstić information content (AvgIpc) is 2.36. The van der Waals surface area contributed by atoms with Gasteiger partial charge in [0.25, 0.3) is 10.0 Å². The van der Waals surface area contributed by atoms with Crippen LogP contribution in [-0.4, -0.2) is 8.42 Å². The minimum atomic E-state index is -4.70. The van der Waals surface area contributed by atoms with Gasteiger partial charge >= 0.3 is 6.18 Å². The number of benzene rings is 2. The van der Waals surface area contributed by atoms with Gasteiger partial charge in [0.2, 0.25) is 0 Å². The highest BCUT2D eigenvalue weighted by Gasteiger charge is 2.34. The largest absolute Gasteiger partial charge is 0.418 e. The van der Waals surface area contributed by atoms with E-state index in [0.29, 0.717) is 0 Å². The summed E-state index contributed by atoms with van der Waals surface area (Å²) in [6.45, 7) is 1.35. The Morgan fingerprint density at radius 1 is 1.05 bits per heavy atom. The van der Waals surface area contributed by atoms with E-state index < -0.39 is 33.3 Å². The molecule has 0 saturated carbocycles. The number of rotatable bonds is 3. The molecule has 0 aromatic heterocycles. The van der Waals surface area contributed by atoms with Crippen LogP contribution in [0, 0.1) is 12.7 Å². The third kappa shape index (κ3) is 3.38. The zero-order valence-corrected chi connectivity index (χ0v) is 12.1. The van der Waals surface area contributed by atoms with Gasteiger partial charge in [0.1, 0.15) is 5.82 Å². The molecule has 0 amide bonds. The predicted molar refractivity (Wildman–Crippen MR) is 73.4 cm³/mol. The number of halogens is 4. The summed E-state index contributed by atoms with van der Waals surface area (Å²) in [6, 6.07) is 7.15. The van der Waals surface area contributed by atoms with Gasteiger partial charge in [0, 0.05) is 0 Å². The maximum atomic E-state index is 13.0. The first kappa shape index (κ1) is 16.3. The van der Waals surface area contributed by atoms with E-state index in [-0.39, 0.29) is 10.5 Å². The highest BCUT2D eigenvalue weighted by molar-refractivity contribution is 7.92. The van der Waals surface area contributed by atoms with E-state index in [1.54, 1.807) is 0 Å². The molecular weight excluding hydrogens is 322 g/mol. The lowest BCUT2D eigenvalue weighted by molar-refractivity contribution is -0.136. The fourth-order valence-electron chi connectivity index (χ4n) is 1.93. The molecule has 0 bridgehead atoms. The van der Waals surface area contributed by atoms with Crippen molar-refractivity contribution in [3.8, 4) is 0 Å². The van der Waals surface area contributed by atoms with E-state index >= 15 is 0 Å². The number of aryl methyl sites for hydroxylation is 1. The van der Waals surface area contributed by atoms with Crippen LogP contribution < -0.4 is 4.72 Å². The molecule has 0 aliphatic carbocycles. The summed E-state index contributed by atoms with van der Waals surface area (Å²) < 4.78 is 78.0.